The smallest absolute Gasteiger partial charge is 0.0873 e. The Labute approximate surface area is 87.5 Å². The van der Waals surface area contributed by atoms with Gasteiger partial charge in [-0.1, -0.05) is 25.7 Å². The number of hydrogen-bond donors (Lipinski definition) is 0. The van der Waals surface area contributed by atoms with Crippen molar-refractivity contribution in [3.05, 3.63) is 12.3 Å². The van der Waals surface area contributed by atoms with Crippen LogP contribution in [0.5, 0.6) is 0 Å². The molecule has 1 nitrogen and oxygen atoms in total. The molecular weight excluding hydrogens is 172 g/mol. The van der Waals surface area contributed by atoms with Gasteiger partial charge in [0.1, 0.15) is 0 Å². The van der Waals surface area contributed by atoms with Gasteiger partial charge in [0.05, 0.1) is 12.9 Å². The highest BCUT2D eigenvalue weighted by Crippen LogP contribution is 2.33. The maximum atomic E-state index is 5.37. The molecule has 0 aromatic carbocycles. The molecular formula is C13H22O. The van der Waals surface area contributed by atoms with Gasteiger partial charge in [0.2, 0.25) is 0 Å². The number of hydrogen-bond acceptors (Lipinski definition) is 1. The Bertz CT molecular complexity index is 178. The summed E-state index contributed by atoms with van der Waals surface area (Å²) in [6.45, 7) is 0.930. The molecule has 2 aliphatic rings. The van der Waals surface area contributed by atoms with Crippen LogP contribution in [0, 0.1) is 11.8 Å². The lowest BCUT2D eigenvalue weighted by atomic mass is 9.83. The third kappa shape index (κ3) is 2.76. The Kier molecular flexibility index (Phi) is 3.90. The van der Waals surface area contributed by atoms with Gasteiger partial charge in [-0.15, -0.1) is 0 Å². The molecule has 1 heterocycles. The zero-order valence-corrected chi connectivity index (χ0v) is 9.08. The highest BCUT2D eigenvalue weighted by Gasteiger charge is 2.21. The van der Waals surface area contributed by atoms with E-state index >= 15 is 0 Å². The Balaban J connectivity index is 1.90. The maximum Gasteiger partial charge on any atom is 0.0873 e. The Morgan fingerprint density at radius 1 is 0.857 bits per heavy atom. The number of ether oxygens (including phenoxy) is 1. The average Bonchev–Trinajstić information content (AvgIpc) is 2.62. The van der Waals surface area contributed by atoms with Crippen LogP contribution in [0.4, 0.5) is 0 Å². The summed E-state index contributed by atoms with van der Waals surface area (Å²) < 4.78 is 5.37. The third-order valence-electron chi connectivity index (χ3n) is 3.73. The van der Waals surface area contributed by atoms with Crippen LogP contribution in [0.25, 0.3) is 0 Å². The largest absolute Gasteiger partial charge is 0.502 e. The molecule has 0 spiro atoms. The standard InChI is InChI=1S/C13H22O/c1-2-4-7-12(6-3-1)13-8-5-10-14-11-9-13/h9,11-13H,1-8,10H2. The molecule has 1 saturated carbocycles. The second-order valence-electron chi connectivity index (χ2n) is 4.76. The molecule has 1 aliphatic heterocycles. The van der Waals surface area contributed by atoms with Crippen LogP contribution in [-0.4, -0.2) is 6.61 Å². The van der Waals surface area contributed by atoms with Crippen molar-refractivity contribution in [2.75, 3.05) is 6.61 Å². The summed E-state index contributed by atoms with van der Waals surface area (Å²) in [5.74, 6) is 1.77. The van der Waals surface area contributed by atoms with Crippen molar-refractivity contribution in [1.29, 1.82) is 0 Å². The van der Waals surface area contributed by atoms with Crippen molar-refractivity contribution in [2.45, 2.75) is 51.4 Å². The Morgan fingerprint density at radius 2 is 1.64 bits per heavy atom. The zero-order valence-electron chi connectivity index (χ0n) is 9.08. The van der Waals surface area contributed by atoms with E-state index in [1.54, 1.807) is 0 Å². The van der Waals surface area contributed by atoms with E-state index in [0.29, 0.717) is 0 Å². The normalized spacial score (nSPS) is 30.4. The van der Waals surface area contributed by atoms with Gasteiger partial charge >= 0.3 is 0 Å². The van der Waals surface area contributed by atoms with E-state index in [9.17, 15) is 0 Å². The van der Waals surface area contributed by atoms with E-state index in [0.717, 1.165) is 18.4 Å². The van der Waals surface area contributed by atoms with E-state index in [1.165, 1.54) is 51.4 Å². The van der Waals surface area contributed by atoms with E-state index in [-0.39, 0.29) is 0 Å². The van der Waals surface area contributed by atoms with Crippen molar-refractivity contribution in [3.8, 4) is 0 Å². The summed E-state index contributed by atoms with van der Waals surface area (Å²) in [6.07, 6.45) is 15.6. The van der Waals surface area contributed by atoms with Crippen LogP contribution >= 0.6 is 0 Å². The summed E-state index contributed by atoms with van der Waals surface area (Å²) in [7, 11) is 0. The fourth-order valence-corrected chi connectivity index (χ4v) is 2.86. The van der Waals surface area contributed by atoms with Crippen LogP contribution in [0.3, 0.4) is 0 Å². The van der Waals surface area contributed by atoms with Crippen molar-refractivity contribution < 1.29 is 4.74 Å². The second kappa shape index (κ2) is 5.43. The van der Waals surface area contributed by atoms with Crippen LogP contribution in [0.1, 0.15) is 51.4 Å². The highest BCUT2D eigenvalue weighted by molar-refractivity contribution is 4.90. The molecule has 1 fully saturated rings. The molecule has 80 valence electrons. The van der Waals surface area contributed by atoms with Gasteiger partial charge in [0.15, 0.2) is 0 Å². The van der Waals surface area contributed by atoms with E-state index in [1.807, 2.05) is 6.26 Å². The SMILES string of the molecule is C1=CC(C2CCCCCC2)CCCO1. The molecule has 2 rings (SSSR count). The first-order valence-electron chi connectivity index (χ1n) is 6.25. The van der Waals surface area contributed by atoms with Crippen LogP contribution in [-0.2, 0) is 4.74 Å². The topological polar surface area (TPSA) is 9.23 Å². The molecule has 0 aromatic rings. The summed E-state index contributed by atoms with van der Waals surface area (Å²) >= 11 is 0. The first-order valence-corrected chi connectivity index (χ1v) is 6.25. The highest BCUT2D eigenvalue weighted by atomic mass is 16.5. The number of allylic oxidation sites excluding steroid dienone is 1. The fourth-order valence-electron chi connectivity index (χ4n) is 2.86. The van der Waals surface area contributed by atoms with Crippen molar-refractivity contribution in [1.82, 2.24) is 0 Å². The van der Waals surface area contributed by atoms with Gasteiger partial charge in [0, 0.05) is 0 Å². The molecule has 1 aliphatic carbocycles. The lowest BCUT2D eigenvalue weighted by molar-refractivity contribution is 0.245. The fraction of sp³-hybridized carbons (Fsp3) is 0.846. The molecule has 0 saturated heterocycles. The first-order chi connectivity index (χ1) is 6.97. The minimum Gasteiger partial charge on any atom is -0.502 e. The Hall–Kier alpha value is -0.460. The summed E-state index contributed by atoms with van der Waals surface area (Å²) in [6, 6.07) is 0. The van der Waals surface area contributed by atoms with Crippen molar-refractivity contribution in [2.24, 2.45) is 11.8 Å². The number of rotatable bonds is 1. The lowest BCUT2D eigenvalue weighted by Gasteiger charge is -2.21. The minimum absolute atomic E-state index is 0.815. The lowest BCUT2D eigenvalue weighted by Crippen LogP contribution is -2.11. The molecule has 14 heavy (non-hydrogen) atoms. The van der Waals surface area contributed by atoms with Crippen molar-refractivity contribution in [3.63, 3.8) is 0 Å². The van der Waals surface area contributed by atoms with Gasteiger partial charge in [-0.2, -0.15) is 0 Å². The van der Waals surface area contributed by atoms with Gasteiger partial charge in [-0.05, 0) is 43.6 Å². The molecule has 1 unspecified atom stereocenters. The predicted octanol–water partition coefficient (Wildman–Crippen LogP) is 3.90. The summed E-state index contributed by atoms with van der Waals surface area (Å²) in [5.41, 5.74) is 0. The molecule has 0 N–H and O–H groups in total. The second-order valence-corrected chi connectivity index (χ2v) is 4.76. The van der Waals surface area contributed by atoms with E-state index < -0.39 is 0 Å². The van der Waals surface area contributed by atoms with Gasteiger partial charge in [0.25, 0.3) is 0 Å². The zero-order chi connectivity index (χ0) is 9.64. The first kappa shape index (κ1) is 10.1. The van der Waals surface area contributed by atoms with Crippen LogP contribution in [0.15, 0.2) is 12.3 Å². The molecule has 1 heteroatoms. The molecule has 0 amide bonds. The van der Waals surface area contributed by atoms with Crippen LogP contribution in [0.2, 0.25) is 0 Å². The van der Waals surface area contributed by atoms with Gasteiger partial charge in [-0.25, -0.2) is 0 Å². The predicted molar refractivity (Wildman–Crippen MR) is 59.0 cm³/mol. The average molecular weight is 194 g/mol. The monoisotopic (exact) mass is 194 g/mol. The summed E-state index contributed by atoms with van der Waals surface area (Å²) in [5, 5.41) is 0. The molecule has 0 bridgehead atoms. The quantitative estimate of drug-likeness (QED) is 0.575. The van der Waals surface area contributed by atoms with Gasteiger partial charge < -0.3 is 4.74 Å². The van der Waals surface area contributed by atoms with E-state index in [4.69, 9.17) is 4.74 Å². The van der Waals surface area contributed by atoms with E-state index in [2.05, 4.69) is 6.08 Å². The van der Waals surface area contributed by atoms with Gasteiger partial charge in [-0.3, -0.25) is 0 Å². The molecule has 0 aromatic heterocycles. The van der Waals surface area contributed by atoms with Crippen molar-refractivity contribution >= 4 is 0 Å². The van der Waals surface area contributed by atoms with Crippen LogP contribution < -0.4 is 0 Å². The summed E-state index contributed by atoms with van der Waals surface area (Å²) in [4.78, 5) is 0. The minimum atomic E-state index is 0.815. The molecule has 1 atom stereocenters. The maximum absolute atomic E-state index is 5.37. The Morgan fingerprint density at radius 3 is 2.43 bits per heavy atom. The molecule has 0 radical (unpaired) electrons. The third-order valence-corrected chi connectivity index (χ3v) is 3.73.